The number of carbonyl (C=O) groups is 4. The number of rotatable bonds is 10. The van der Waals surface area contributed by atoms with Crippen molar-refractivity contribution in [2.45, 2.75) is 0 Å². The normalized spacial score (nSPS) is 19.4. The predicted octanol–water partition coefficient (Wildman–Crippen LogP) is 14.4. The van der Waals surface area contributed by atoms with Crippen LogP contribution in [0.4, 0.5) is 11.4 Å². The number of imide groups is 2. The zero-order valence-electron chi connectivity index (χ0n) is 41.2. The molecule has 9 aromatic rings. The van der Waals surface area contributed by atoms with Crippen molar-refractivity contribution in [3.8, 4) is 0 Å². The fourth-order valence-corrected chi connectivity index (χ4v) is 12.3. The molecule has 362 valence electrons. The fraction of sp³-hybridized carbons (Fsp3) is 0.0571. The van der Waals surface area contributed by atoms with E-state index in [-0.39, 0.29) is 11.4 Å². The number of allylic oxidation sites excluding steroid dienone is 4. The summed E-state index contributed by atoms with van der Waals surface area (Å²) < 4.78 is 0. The Balaban J connectivity index is 1.01. The lowest BCUT2D eigenvalue weighted by Gasteiger charge is -2.34. The molecule has 4 aliphatic rings. The van der Waals surface area contributed by atoms with Crippen LogP contribution in [0, 0.1) is 23.7 Å². The van der Waals surface area contributed by atoms with Crippen molar-refractivity contribution < 1.29 is 19.2 Å². The van der Waals surface area contributed by atoms with Gasteiger partial charge in [-0.2, -0.15) is 0 Å². The van der Waals surface area contributed by atoms with Crippen molar-refractivity contribution in [3.05, 3.63) is 311 Å². The first-order chi connectivity index (χ1) is 37.5. The summed E-state index contributed by atoms with van der Waals surface area (Å²) in [5, 5.41) is 0. The monoisotopic (exact) mass is 980 g/mol. The van der Waals surface area contributed by atoms with Gasteiger partial charge < -0.3 is 0 Å². The summed E-state index contributed by atoms with van der Waals surface area (Å²) in [6, 6.07) is 86.9. The summed E-state index contributed by atoms with van der Waals surface area (Å²) in [6.07, 6.45) is 0. The Morgan fingerprint density at radius 2 is 0.395 bits per heavy atom. The van der Waals surface area contributed by atoms with Crippen LogP contribution in [0.15, 0.2) is 267 Å². The zero-order valence-corrected chi connectivity index (χ0v) is 41.2. The van der Waals surface area contributed by atoms with Crippen LogP contribution in [0.3, 0.4) is 0 Å². The zero-order chi connectivity index (χ0) is 51.3. The molecule has 4 atom stereocenters. The van der Waals surface area contributed by atoms with E-state index in [1.807, 2.05) is 194 Å². The summed E-state index contributed by atoms with van der Waals surface area (Å²) in [5.41, 5.74) is 14.1. The summed E-state index contributed by atoms with van der Waals surface area (Å²) in [5.74, 6) is -5.29. The van der Waals surface area contributed by atoms with Crippen molar-refractivity contribution in [2.75, 3.05) is 9.80 Å². The highest BCUT2D eigenvalue weighted by Gasteiger charge is 2.58. The molecule has 4 unspecified atom stereocenters. The molecule has 9 aromatic carbocycles. The van der Waals surface area contributed by atoms with Gasteiger partial charge in [-0.3, -0.25) is 19.2 Å². The summed E-state index contributed by atoms with van der Waals surface area (Å²) >= 11 is 0. The van der Waals surface area contributed by atoms with Crippen LogP contribution in [-0.2, 0) is 19.2 Å². The molecule has 0 saturated carbocycles. The van der Waals surface area contributed by atoms with E-state index in [4.69, 9.17) is 0 Å². The molecule has 2 aliphatic heterocycles. The minimum Gasteiger partial charge on any atom is -0.273 e. The molecule has 76 heavy (non-hydrogen) atoms. The lowest BCUT2D eigenvalue weighted by Crippen LogP contribution is -2.33. The Morgan fingerprint density at radius 3 is 0.592 bits per heavy atom. The Morgan fingerprint density at radius 1 is 0.211 bits per heavy atom. The average molecular weight is 981 g/mol. The van der Waals surface area contributed by atoms with Gasteiger partial charge in [-0.15, -0.1) is 0 Å². The molecule has 0 N–H and O–H groups in total. The molecule has 4 amide bonds. The molecule has 2 heterocycles. The van der Waals surface area contributed by atoms with Crippen molar-refractivity contribution in [1.82, 2.24) is 0 Å². The van der Waals surface area contributed by atoms with Crippen LogP contribution in [0.1, 0.15) is 44.5 Å². The maximum Gasteiger partial charge on any atom is 0.242 e. The molecule has 0 radical (unpaired) electrons. The maximum atomic E-state index is 15.9. The number of amides is 4. The molecule has 6 heteroatoms. The highest BCUT2D eigenvalue weighted by Crippen LogP contribution is 2.59. The van der Waals surface area contributed by atoms with Gasteiger partial charge >= 0.3 is 0 Å². The van der Waals surface area contributed by atoms with E-state index in [1.54, 1.807) is 24.3 Å². The van der Waals surface area contributed by atoms with Crippen LogP contribution >= 0.6 is 0 Å². The molecule has 2 saturated heterocycles. The number of carbonyl (C=O) groups excluding carboxylic acids is 4. The quantitative estimate of drug-likeness (QED) is 0.128. The second-order valence-electron chi connectivity index (χ2n) is 19.5. The van der Waals surface area contributed by atoms with Gasteiger partial charge in [0.25, 0.3) is 0 Å². The van der Waals surface area contributed by atoms with Crippen molar-refractivity contribution >= 4 is 79.6 Å². The molecule has 0 bridgehead atoms. The Bertz CT molecular complexity index is 3380. The number of nitrogens with zero attached hydrogens (tertiary/aromatic N) is 2. The van der Waals surface area contributed by atoms with Crippen LogP contribution in [0.2, 0.25) is 0 Å². The number of anilines is 2. The van der Waals surface area contributed by atoms with Gasteiger partial charge in [-0.25, -0.2) is 9.80 Å². The van der Waals surface area contributed by atoms with E-state index in [0.717, 1.165) is 89.1 Å². The van der Waals surface area contributed by atoms with E-state index in [2.05, 4.69) is 48.5 Å². The predicted molar refractivity (Wildman–Crippen MR) is 304 cm³/mol. The van der Waals surface area contributed by atoms with Gasteiger partial charge in [-0.05, 0) is 107 Å². The van der Waals surface area contributed by atoms with Crippen LogP contribution in [-0.4, -0.2) is 23.6 Å². The Kier molecular flexibility index (Phi) is 11.7. The minimum absolute atomic E-state index is 0.271. The first-order valence-electron chi connectivity index (χ1n) is 25.7. The molecular formula is C70H48N2O4. The minimum atomic E-state index is -0.931. The third-order valence-corrected chi connectivity index (χ3v) is 15.4. The van der Waals surface area contributed by atoms with E-state index < -0.39 is 47.3 Å². The molecule has 0 aromatic heterocycles. The van der Waals surface area contributed by atoms with Gasteiger partial charge in [0, 0.05) is 0 Å². The highest BCUT2D eigenvalue weighted by atomic mass is 16.2. The van der Waals surface area contributed by atoms with Gasteiger partial charge in [0.1, 0.15) is 0 Å². The summed E-state index contributed by atoms with van der Waals surface area (Å²) in [4.78, 5) is 66.3. The molecule has 2 aliphatic carbocycles. The number of benzene rings is 9. The van der Waals surface area contributed by atoms with E-state index in [9.17, 15) is 0 Å². The molecule has 13 rings (SSSR count). The summed E-state index contributed by atoms with van der Waals surface area (Å²) in [6.45, 7) is 0. The first-order valence-corrected chi connectivity index (χ1v) is 25.7. The second-order valence-corrected chi connectivity index (χ2v) is 19.5. The lowest BCUT2D eigenvalue weighted by atomic mass is 9.66. The lowest BCUT2D eigenvalue weighted by molar-refractivity contribution is -0.123. The molecule has 2 fully saturated rings. The van der Waals surface area contributed by atoms with E-state index in [0.29, 0.717) is 0 Å². The third kappa shape index (κ3) is 7.56. The molecule has 6 nitrogen and oxygen atoms in total. The number of fused-ring (bicyclic) bond motifs is 2. The van der Waals surface area contributed by atoms with Gasteiger partial charge in [0.15, 0.2) is 0 Å². The second kappa shape index (κ2) is 19.2. The number of hydrogen-bond donors (Lipinski definition) is 0. The molecule has 0 spiro atoms. The summed E-state index contributed by atoms with van der Waals surface area (Å²) in [7, 11) is 0. The van der Waals surface area contributed by atoms with Gasteiger partial charge in [-0.1, -0.05) is 249 Å². The van der Waals surface area contributed by atoms with Gasteiger partial charge in [0.2, 0.25) is 23.6 Å². The van der Waals surface area contributed by atoms with E-state index in [1.165, 1.54) is 9.80 Å². The van der Waals surface area contributed by atoms with Crippen molar-refractivity contribution in [2.24, 2.45) is 23.7 Å². The number of hydrogen-bond acceptors (Lipinski definition) is 4. The van der Waals surface area contributed by atoms with Crippen LogP contribution in [0.25, 0.3) is 44.6 Å². The van der Waals surface area contributed by atoms with Crippen molar-refractivity contribution in [3.63, 3.8) is 0 Å². The molecular weight excluding hydrogens is 933 g/mol. The van der Waals surface area contributed by atoms with Crippen LogP contribution < -0.4 is 9.80 Å². The van der Waals surface area contributed by atoms with Gasteiger partial charge in [0.05, 0.1) is 35.0 Å². The first kappa shape index (κ1) is 46.0. The average Bonchev–Trinajstić information content (AvgIpc) is 3.93. The van der Waals surface area contributed by atoms with Crippen LogP contribution in [0.5, 0.6) is 0 Å². The third-order valence-electron chi connectivity index (χ3n) is 15.4. The SMILES string of the molecule is O=C1C2C(c3ccccc3)=C(c3ccccc3)C(c3ccccc3)=C(c3ccccc3)C2C(=O)N1c1cccc(N2C(=O)C3C(c4ccccc4)=C(c4ccccc4)C(c4ccccc4)=C(c4ccccc4)C3C2=O)c1. The Hall–Kier alpha value is -9.78. The van der Waals surface area contributed by atoms with Crippen molar-refractivity contribution in [1.29, 1.82) is 0 Å². The Labute approximate surface area is 441 Å². The van der Waals surface area contributed by atoms with E-state index >= 15 is 19.2 Å². The topological polar surface area (TPSA) is 74.8 Å². The fourth-order valence-electron chi connectivity index (χ4n) is 12.3. The largest absolute Gasteiger partial charge is 0.273 e. The standard InChI is InChI=1S/C70H48N2O4/c73-67-63-59(49-34-17-5-18-35-49)55(45-26-9-1-10-27-45)56(46-28-11-2-12-29-46)60(50-36-19-6-20-37-50)64(63)68(74)71(67)53-42-25-43-54(44-53)72-69(75)65-61(51-38-21-7-22-39-51)57(47-30-13-3-14-31-47)58(48-32-15-4-16-33-48)62(66(65)70(72)76)52-40-23-8-24-41-52/h1-44,63-66H. The smallest absolute Gasteiger partial charge is 0.242 e. The highest BCUT2D eigenvalue weighted by molar-refractivity contribution is 6.39. The maximum absolute atomic E-state index is 15.9.